The normalized spacial score (nSPS) is 17.8. The van der Waals surface area contributed by atoms with E-state index in [2.05, 4.69) is 25.8 Å². The van der Waals surface area contributed by atoms with Crippen molar-refractivity contribution in [3.8, 4) is 0 Å². The van der Waals surface area contributed by atoms with Crippen molar-refractivity contribution in [2.45, 2.75) is 97.2 Å². The van der Waals surface area contributed by atoms with Gasteiger partial charge >= 0.3 is 18.0 Å². The number of Topliss-reactive ketones (excluding diaryl/α,β-unsaturated/α-hetero) is 1. The van der Waals surface area contributed by atoms with Gasteiger partial charge in [0.05, 0.1) is 17.1 Å². The minimum absolute atomic E-state index is 0.0307. The van der Waals surface area contributed by atoms with E-state index < -0.39 is 35.5 Å². The number of hydrogen-bond acceptors (Lipinski definition) is 9. The number of rotatable bonds is 15. The fraction of sp³-hybridized carbons (Fsp3) is 0.474. The first-order chi connectivity index (χ1) is 24.9. The molecule has 0 saturated heterocycles. The van der Waals surface area contributed by atoms with Gasteiger partial charge in [0.25, 0.3) is 0 Å². The molecule has 1 aliphatic carbocycles. The van der Waals surface area contributed by atoms with E-state index in [-0.39, 0.29) is 61.9 Å². The number of halogens is 2. The number of esters is 1. The number of amides is 2. The molecular formula is C38H45Cl2N5O7. The van der Waals surface area contributed by atoms with Crippen LogP contribution in [-0.2, 0) is 38.5 Å². The Bertz CT molecular complexity index is 1910. The van der Waals surface area contributed by atoms with Crippen molar-refractivity contribution in [2.24, 2.45) is 11.8 Å². The molecule has 1 aliphatic rings. The third-order valence-electron chi connectivity index (χ3n) is 10.1. The van der Waals surface area contributed by atoms with Crippen LogP contribution in [0.3, 0.4) is 0 Å². The molecule has 3 N–H and O–H groups in total. The van der Waals surface area contributed by atoms with E-state index in [1.54, 1.807) is 19.1 Å². The highest BCUT2D eigenvalue weighted by molar-refractivity contribution is 6.38. The average molecular weight is 755 g/mol. The Kier molecular flexibility index (Phi) is 12.6. The molecule has 0 saturated carbocycles. The highest BCUT2D eigenvalue weighted by Crippen LogP contribution is 2.40. The molecule has 52 heavy (non-hydrogen) atoms. The van der Waals surface area contributed by atoms with Crippen LogP contribution in [0.1, 0.15) is 99.6 Å². The van der Waals surface area contributed by atoms with Crippen LogP contribution in [0.4, 0.5) is 4.79 Å². The molecule has 2 aromatic heterocycles. The summed E-state index contributed by atoms with van der Waals surface area (Å²) in [6, 6.07) is 11.7. The summed E-state index contributed by atoms with van der Waals surface area (Å²) in [7, 11) is 0. The summed E-state index contributed by atoms with van der Waals surface area (Å²) in [5.41, 5.74) is 1.81. The number of benzene rings is 2. The second-order valence-electron chi connectivity index (χ2n) is 13.5. The van der Waals surface area contributed by atoms with Crippen molar-refractivity contribution < 1.29 is 33.1 Å². The largest absolute Gasteiger partial charge is 0.459 e. The summed E-state index contributed by atoms with van der Waals surface area (Å²) in [6.45, 7) is 9.55. The van der Waals surface area contributed by atoms with Gasteiger partial charge in [-0.3, -0.25) is 9.59 Å². The zero-order chi connectivity index (χ0) is 37.6. The summed E-state index contributed by atoms with van der Waals surface area (Å²) >= 11 is 13.0. The molecule has 2 unspecified atom stereocenters. The number of aromatic nitrogens is 3. The lowest BCUT2D eigenvalue weighted by molar-refractivity contribution is -0.134. The van der Waals surface area contributed by atoms with Gasteiger partial charge in [-0.1, -0.05) is 94.1 Å². The molecule has 4 aromatic rings. The maximum Gasteiger partial charge on any atom is 0.408 e. The second kappa shape index (κ2) is 16.9. The SMILES string of the molecule is CCOC(=O)c1nnc([C@@H](CC(=O)[C@]2(NC(=O)[C@@H](NC(=O)OCc3ccccc3)C(C)CC)CCc3[nH]c4c(Cl)cc(Cl)cc4c3C2)C(C)CC)o1. The number of ketones is 1. The van der Waals surface area contributed by atoms with Gasteiger partial charge in [-0.05, 0) is 54.9 Å². The summed E-state index contributed by atoms with van der Waals surface area (Å²) in [6.07, 6.45) is 1.24. The van der Waals surface area contributed by atoms with Gasteiger partial charge in [-0.25, -0.2) is 9.59 Å². The Morgan fingerprint density at radius 2 is 1.73 bits per heavy atom. The van der Waals surface area contributed by atoms with Gasteiger partial charge in [-0.15, -0.1) is 10.2 Å². The Morgan fingerprint density at radius 1 is 1.00 bits per heavy atom. The minimum atomic E-state index is -1.40. The van der Waals surface area contributed by atoms with Crippen LogP contribution in [0.15, 0.2) is 46.9 Å². The standard InChI is InChI=1S/C38H45Cl2N5O7/c1-6-21(4)25(34-44-45-35(52-34)36(48)50-8-3)18-30(46)38(15-14-29-27(19-38)26-16-24(39)17-28(40)32(26)41-29)43-33(47)31(22(5)7-2)42-37(49)51-20-23-12-10-9-11-13-23/h9-13,16-17,21-22,25,31,41H,6-8,14-15,18-20H2,1-5H3,(H,42,49)(H,43,47)/t21?,22?,25-,31-,38-/m0/s1. The number of aromatic amines is 1. The predicted octanol–water partition coefficient (Wildman–Crippen LogP) is 7.51. The zero-order valence-electron chi connectivity index (χ0n) is 30.0. The number of hydrogen-bond donors (Lipinski definition) is 3. The maximum atomic E-state index is 14.9. The van der Waals surface area contributed by atoms with Crippen molar-refractivity contribution in [1.82, 2.24) is 25.8 Å². The van der Waals surface area contributed by atoms with Crippen LogP contribution in [0.2, 0.25) is 10.0 Å². The minimum Gasteiger partial charge on any atom is -0.459 e. The molecule has 5 rings (SSSR count). The molecule has 2 amide bonds. The van der Waals surface area contributed by atoms with Crippen molar-refractivity contribution in [2.75, 3.05) is 6.61 Å². The number of nitrogens with one attached hydrogen (secondary N) is 3. The molecular weight excluding hydrogens is 709 g/mol. The topological polar surface area (TPSA) is 166 Å². The third kappa shape index (κ3) is 8.61. The number of H-pyrrole nitrogens is 1. The molecule has 0 radical (unpaired) electrons. The van der Waals surface area contributed by atoms with Crippen LogP contribution in [0.25, 0.3) is 10.9 Å². The number of fused-ring (bicyclic) bond motifs is 3. The van der Waals surface area contributed by atoms with Crippen molar-refractivity contribution in [1.29, 1.82) is 0 Å². The highest BCUT2D eigenvalue weighted by atomic mass is 35.5. The molecule has 5 atom stereocenters. The summed E-state index contributed by atoms with van der Waals surface area (Å²) in [5, 5.41) is 15.6. The maximum absolute atomic E-state index is 14.9. The van der Waals surface area contributed by atoms with E-state index in [0.717, 1.165) is 22.2 Å². The quantitative estimate of drug-likeness (QED) is 0.104. The number of aryl methyl sites for hydroxylation is 1. The third-order valence-corrected chi connectivity index (χ3v) is 10.6. The molecule has 2 aromatic carbocycles. The first-order valence-corrected chi connectivity index (χ1v) is 18.5. The van der Waals surface area contributed by atoms with E-state index in [9.17, 15) is 19.2 Å². The van der Waals surface area contributed by atoms with E-state index >= 15 is 0 Å². The number of nitrogens with zero attached hydrogens (tertiary/aromatic N) is 2. The molecule has 2 heterocycles. The van der Waals surface area contributed by atoms with Crippen LogP contribution >= 0.6 is 23.2 Å². The second-order valence-corrected chi connectivity index (χ2v) is 14.3. The lowest BCUT2D eigenvalue weighted by Crippen LogP contribution is -2.62. The van der Waals surface area contributed by atoms with Gasteiger partial charge in [0, 0.05) is 34.9 Å². The Balaban J connectivity index is 1.48. The fourth-order valence-electron chi connectivity index (χ4n) is 6.66. The lowest BCUT2D eigenvalue weighted by atomic mass is 9.73. The number of alkyl carbamates (subject to hydrolysis) is 1. The van der Waals surface area contributed by atoms with Gasteiger partial charge in [0.2, 0.25) is 11.8 Å². The van der Waals surface area contributed by atoms with Gasteiger partial charge in [0.1, 0.15) is 18.2 Å². The number of ether oxygens (including phenoxy) is 2. The average Bonchev–Trinajstić information content (AvgIpc) is 3.77. The first-order valence-electron chi connectivity index (χ1n) is 17.7. The highest BCUT2D eigenvalue weighted by Gasteiger charge is 2.46. The van der Waals surface area contributed by atoms with E-state index in [1.807, 2.05) is 58.0 Å². The Hall–Kier alpha value is -4.42. The van der Waals surface area contributed by atoms with Gasteiger partial charge in [-0.2, -0.15) is 0 Å². The molecule has 12 nitrogen and oxygen atoms in total. The van der Waals surface area contributed by atoms with Crippen LogP contribution < -0.4 is 10.6 Å². The molecule has 14 heteroatoms. The van der Waals surface area contributed by atoms with Crippen molar-refractivity contribution in [3.05, 3.63) is 81.1 Å². The molecule has 0 bridgehead atoms. The molecule has 0 fully saturated rings. The Labute approximate surface area is 312 Å². The van der Waals surface area contributed by atoms with E-state index in [4.69, 9.17) is 37.1 Å². The van der Waals surface area contributed by atoms with Crippen LogP contribution in [0, 0.1) is 11.8 Å². The van der Waals surface area contributed by atoms with Gasteiger partial charge < -0.3 is 29.5 Å². The van der Waals surface area contributed by atoms with Gasteiger partial charge in [0.15, 0.2) is 5.78 Å². The lowest BCUT2D eigenvalue weighted by Gasteiger charge is -2.39. The van der Waals surface area contributed by atoms with Crippen molar-refractivity contribution in [3.63, 3.8) is 0 Å². The first kappa shape index (κ1) is 38.8. The molecule has 0 aliphatic heterocycles. The zero-order valence-corrected chi connectivity index (χ0v) is 31.5. The van der Waals surface area contributed by atoms with E-state index in [1.165, 1.54) is 0 Å². The smallest absolute Gasteiger partial charge is 0.408 e. The van der Waals surface area contributed by atoms with E-state index in [0.29, 0.717) is 34.8 Å². The number of carbonyl (C=O) groups excluding carboxylic acids is 4. The monoisotopic (exact) mass is 753 g/mol. The number of carbonyl (C=O) groups is 4. The molecule has 0 spiro atoms. The van der Waals surface area contributed by atoms with Crippen LogP contribution in [0.5, 0.6) is 0 Å². The van der Waals surface area contributed by atoms with Crippen LogP contribution in [-0.4, -0.2) is 57.1 Å². The Morgan fingerprint density at radius 3 is 2.42 bits per heavy atom. The summed E-state index contributed by atoms with van der Waals surface area (Å²) < 4.78 is 16.3. The molecule has 278 valence electrons. The van der Waals surface area contributed by atoms with Crippen molar-refractivity contribution >= 4 is 57.9 Å². The predicted molar refractivity (Wildman–Crippen MR) is 196 cm³/mol. The summed E-state index contributed by atoms with van der Waals surface area (Å²) in [4.78, 5) is 58.0. The summed E-state index contributed by atoms with van der Waals surface area (Å²) in [5.74, 6) is -2.65. The fourth-order valence-corrected chi connectivity index (χ4v) is 7.20.